The van der Waals surface area contributed by atoms with Crippen LogP contribution in [0.2, 0.25) is 0 Å². The number of aliphatic hydroxyl groups excluding tert-OH is 1. The number of rotatable bonds is 6. The molecule has 0 aromatic carbocycles. The van der Waals surface area contributed by atoms with Gasteiger partial charge >= 0.3 is 0 Å². The number of carbonyl (C=O) groups is 1. The number of aromatic nitrogens is 3. The van der Waals surface area contributed by atoms with Crippen molar-refractivity contribution in [2.75, 3.05) is 30.0 Å². The molecule has 1 fully saturated rings. The molecule has 3 aromatic rings. The topological polar surface area (TPSA) is 121 Å². The Labute approximate surface area is 232 Å². The molecule has 3 aromatic heterocycles. The average molecular weight is 568 g/mol. The quantitative estimate of drug-likeness (QED) is 0.351. The summed E-state index contributed by atoms with van der Waals surface area (Å²) in [5, 5.41) is 20.6. The van der Waals surface area contributed by atoms with Crippen molar-refractivity contribution in [3.05, 3.63) is 41.7 Å². The fraction of sp³-hybridized carbons (Fsp3) is 0.440. The second kappa shape index (κ2) is 12.9. The summed E-state index contributed by atoms with van der Waals surface area (Å²) in [5.41, 5.74) is 3.98. The van der Waals surface area contributed by atoms with Crippen LogP contribution in [0.5, 0.6) is 5.88 Å². The van der Waals surface area contributed by atoms with Crippen LogP contribution >= 0.6 is 36.6 Å². The molecule has 37 heavy (non-hydrogen) atoms. The number of nitrogens with zero attached hydrogens (tertiary/aromatic N) is 3. The number of thioether (sulfide) groups is 1. The van der Waals surface area contributed by atoms with Crippen molar-refractivity contribution in [3.63, 3.8) is 0 Å². The Kier molecular flexibility index (Phi) is 10.2. The summed E-state index contributed by atoms with van der Waals surface area (Å²) in [4.78, 5) is 27.8. The van der Waals surface area contributed by atoms with Gasteiger partial charge in [-0.25, -0.2) is 9.97 Å². The van der Waals surface area contributed by atoms with Crippen LogP contribution in [-0.2, 0) is 11.3 Å². The van der Waals surface area contributed by atoms with Crippen LogP contribution < -0.4 is 20.7 Å². The van der Waals surface area contributed by atoms with Crippen LogP contribution in [-0.4, -0.2) is 57.5 Å². The maximum Gasteiger partial charge on any atom is 0.227 e. The van der Waals surface area contributed by atoms with Crippen LogP contribution in [0.3, 0.4) is 0 Å². The number of amides is 1. The number of nitrogens with one attached hydrogen (secondary N) is 3. The van der Waals surface area contributed by atoms with Gasteiger partial charge in [-0.3, -0.25) is 9.78 Å². The van der Waals surface area contributed by atoms with Gasteiger partial charge in [0.1, 0.15) is 11.3 Å². The summed E-state index contributed by atoms with van der Waals surface area (Å²) in [6.45, 7) is 3.58. The Morgan fingerprint density at radius 2 is 2.08 bits per heavy atom. The zero-order valence-electron chi connectivity index (χ0n) is 20.7. The largest absolute Gasteiger partial charge is 0.481 e. The highest BCUT2D eigenvalue weighted by molar-refractivity contribution is 7.99. The summed E-state index contributed by atoms with van der Waals surface area (Å²) in [5.74, 6) is 2.07. The Balaban J connectivity index is 0.00000190. The first-order valence-electron chi connectivity index (χ1n) is 11.9. The van der Waals surface area contributed by atoms with Gasteiger partial charge in [0.25, 0.3) is 0 Å². The van der Waals surface area contributed by atoms with Crippen LogP contribution in [0.25, 0.3) is 11.0 Å². The normalized spacial score (nSPS) is 20.6. The van der Waals surface area contributed by atoms with Gasteiger partial charge in [-0.15, -0.1) is 36.6 Å². The standard InChI is InChI=1S/C25H30N6O3S.2ClH/c1-14-11-21-24(27-9-10-35-21)29-19(14)13-28-16-4-3-15(12-20(16)32)25(33)30-18-7-8-26-17-5-6-22(34-2)31-23(17)18;;/h5-8,11,15-16,20,28,32H,3-4,9-10,12-13H2,1-2H3,(H,27,29)(H,26,30,33);2*1H/t15-,16-,20-;;/m1../s1. The van der Waals surface area contributed by atoms with Crippen molar-refractivity contribution in [1.29, 1.82) is 0 Å². The number of ether oxygens (including phenoxy) is 1. The van der Waals surface area contributed by atoms with E-state index in [1.807, 2.05) is 17.8 Å². The first kappa shape index (κ1) is 29.2. The molecule has 0 unspecified atom stereocenters. The minimum absolute atomic E-state index is 0. The van der Waals surface area contributed by atoms with Gasteiger partial charge < -0.3 is 25.8 Å². The molecule has 0 saturated heterocycles. The lowest BCUT2D eigenvalue weighted by Crippen LogP contribution is -2.46. The second-order valence-corrected chi connectivity index (χ2v) is 10.1. The fourth-order valence-corrected chi connectivity index (χ4v) is 5.62. The number of aryl methyl sites for hydroxylation is 1. The highest BCUT2D eigenvalue weighted by atomic mass is 35.5. The number of methoxy groups -OCH3 is 1. The van der Waals surface area contributed by atoms with Gasteiger partial charge in [0.15, 0.2) is 0 Å². The van der Waals surface area contributed by atoms with Crippen molar-refractivity contribution in [3.8, 4) is 5.88 Å². The minimum Gasteiger partial charge on any atom is -0.481 e. The lowest BCUT2D eigenvalue weighted by Gasteiger charge is -2.33. The Morgan fingerprint density at radius 3 is 2.86 bits per heavy atom. The van der Waals surface area contributed by atoms with Crippen LogP contribution in [0, 0.1) is 12.8 Å². The number of hydrogen-bond acceptors (Lipinski definition) is 9. The van der Waals surface area contributed by atoms with E-state index in [0.29, 0.717) is 48.4 Å². The van der Waals surface area contributed by atoms with Gasteiger partial charge in [-0.05, 0) is 49.9 Å². The predicted octanol–water partition coefficient (Wildman–Crippen LogP) is 3.96. The summed E-state index contributed by atoms with van der Waals surface area (Å²) in [6, 6.07) is 7.39. The van der Waals surface area contributed by atoms with E-state index in [4.69, 9.17) is 9.72 Å². The zero-order chi connectivity index (χ0) is 24.4. The van der Waals surface area contributed by atoms with Gasteiger partial charge in [0.05, 0.1) is 35.0 Å². The molecule has 12 heteroatoms. The summed E-state index contributed by atoms with van der Waals surface area (Å²) < 4.78 is 5.21. The molecule has 1 aliphatic heterocycles. The smallest absolute Gasteiger partial charge is 0.227 e. The van der Waals surface area contributed by atoms with Crippen molar-refractivity contribution < 1.29 is 14.6 Å². The summed E-state index contributed by atoms with van der Waals surface area (Å²) in [6.07, 6.45) is 2.83. The van der Waals surface area contributed by atoms with Gasteiger partial charge in [-0.1, -0.05) is 0 Å². The van der Waals surface area contributed by atoms with Crippen molar-refractivity contribution in [2.24, 2.45) is 5.92 Å². The van der Waals surface area contributed by atoms with E-state index in [1.165, 1.54) is 4.90 Å². The molecule has 0 spiro atoms. The van der Waals surface area contributed by atoms with E-state index in [0.717, 1.165) is 29.4 Å². The number of halogens is 2. The zero-order valence-corrected chi connectivity index (χ0v) is 23.1. The average Bonchev–Trinajstić information content (AvgIpc) is 2.88. The van der Waals surface area contributed by atoms with E-state index in [9.17, 15) is 9.90 Å². The SMILES string of the molecule is COc1ccc2nccc(NC(=O)[C@@H]3CC[C@@H](NCc4nc5c(cc4C)SCCN5)[C@H](O)C3)c2n1.Cl.Cl. The summed E-state index contributed by atoms with van der Waals surface area (Å²) in [7, 11) is 1.55. The van der Waals surface area contributed by atoms with Crippen LogP contribution in [0.4, 0.5) is 11.5 Å². The number of aliphatic hydroxyl groups is 1. The number of fused-ring (bicyclic) bond motifs is 2. The van der Waals surface area contributed by atoms with Crippen LogP contribution in [0.15, 0.2) is 35.4 Å². The third-order valence-corrected chi connectivity index (χ3v) is 7.71. The van der Waals surface area contributed by atoms with Gasteiger partial charge in [0, 0.05) is 43.1 Å². The highest BCUT2D eigenvalue weighted by Gasteiger charge is 2.33. The molecule has 0 radical (unpaired) electrons. The molecule has 3 atom stereocenters. The van der Waals surface area contributed by atoms with Crippen molar-refractivity contribution in [2.45, 2.75) is 49.8 Å². The minimum atomic E-state index is -0.612. The number of anilines is 2. The molecule has 1 amide bonds. The molecular weight excluding hydrogens is 535 g/mol. The first-order valence-corrected chi connectivity index (χ1v) is 12.9. The molecule has 9 nitrogen and oxygen atoms in total. The monoisotopic (exact) mass is 566 g/mol. The second-order valence-electron chi connectivity index (χ2n) is 9.01. The maximum atomic E-state index is 13.0. The molecule has 5 rings (SSSR count). The molecule has 1 saturated carbocycles. The Hall–Kier alpha value is -2.37. The highest BCUT2D eigenvalue weighted by Crippen LogP contribution is 2.32. The molecule has 200 valence electrons. The van der Waals surface area contributed by atoms with E-state index < -0.39 is 6.10 Å². The van der Waals surface area contributed by atoms with Crippen molar-refractivity contribution in [1.82, 2.24) is 20.3 Å². The van der Waals surface area contributed by atoms with Crippen molar-refractivity contribution >= 4 is 65.0 Å². The van der Waals surface area contributed by atoms with E-state index in [-0.39, 0.29) is 42.7 Å². The van der Waals surface area contributed by atoms with E-state index in [2.05, 4.69) is 38.9 Å². The molecule has 2 aliphatic rings. The fourth-order valence-electron chi connectivity index (χ4n) is 4.68. The molecule has 1 aliphatic carbocycles. The lowest BCUT2D eigenvalue weighted by atomic mass is 9.83. The van der Waals surface area contributed by atoms with E-state index >= 15 is 0 Å². The van der Waals surface area contributed by atoms with Gasteiger partial charge in [0.2, 0.25) is 11.8 Å². The molecule has 4 N–H and O–H groups in total. The molecule has 0 bridgehead atoms. The Bertz CT molecular complexity index is 1250. The molecule has 4 heterocycles. The third-order valence-electron chi connectivity index (χ3n) is 6.68. The Morgan fingerprint density at radius 1 is 1.24 bits per heavy atom. The number of hydrogen-bond donors (Lipinski definition) is 4. The van der Waals surface area contributed by atoms with E-state index in [1.54, 1.807) is 25.4 Å². The number of pyridine rings is 3. The first-order chi connectivity index (χ1) is 17.0. The van der Waals surface area contributed by atoms with Crippen LogP contribution in [0.1, 0.15) is 30.5 Å². The molecular formula is C25H32Cl2N6O3S. The maximum absolute atomic E-state index is 13.0. The number of carbonyl (C=O) groups excluding carboxylic acids is 1. The predicted molar refractivity (Wildman–Crippen MR) is 151 cm³/mol. The van der Waals surface area contributed by atoms with Gasteiger partial charge in [-0.2, -0.15) is 0 Å². The third kappa shape index (κ3) is 6.56. The summed E-state index contributed by atoms with van der Waals surface area (Å²) >= 11 is 1.83. The lowest BCUT2D eigenvalue weighted by molar-refractivity contribution is -0.122.